The highest BCUT2D eigenvalue weighted by atomic mass is 33.1. The van der Waals surface area contributed by atoms with Crippen LogP contribution in [0.3, 0.4) is 0 Å². The monoisotopic (exact) mass is 666 g/mol. The molecule has 6 nitrogen and oxygen atoms in total. The van der Waals surface area contributed by atoms with Gasteiger partial charge >= 0.3 is 0 Å². The molecular formula is C38H62N6S2+2. The van der Waals surface area contributed by atoms with E-state index in [1.807, 2.05) is 188 Å². The number of hydrogen-bond acceptors (Lipinski definition) is 6. The van der Waals surface area contributed by atoms with Crippen LogP contribution in [0.15, 0.2) is 132 Å². The summed E-state index contributed by atoms with van der Waals surface area (Å²) in [5.74, 6) is 1.97. The summed E-state index contributed by atoms with van der Waals surface area (Å²) in [6.07, 6.45) is 11.9. The summed E-state index contributed by atoms with van der Waals surface area (Å²) >= 11 is 0. The predicted octanol–water partition coefficient (Wildman–Crippen LogP) is 10.6. The Balaban J connectivity index is -0.000000553. The first kappa shape index (κ1) is 46.8. The van der Waals surface area contributed by atoms with Crippen molar-refractivity contribution in [3.8, 4) is 0 Å². The molecule has 0 saturated carbocycles. The van der Waals surface area contributed by atoms with Gasteiger partial charge in [-0.3, -0.25) is 10.0 Å². The molecule has 0 fully saturated rings. The average Bonchev–Trinajstić information content (AvgIpc) is 3.16. The maximum Gasteiger partial charge on any atom is 0.204 e. The van der Waals surface area contributed by atoms with Crippen molar-refractivity contribution in [1.82, 2.24) is 0 Å². The predicted molar refractivity (Wildman–Crippen MR) is 212 cm³/mol. The lowest BCUT2D eigenvalue weighted by molar-refractivity contribution is -0.677. The molecule has 254 valence electrons. The van der Waals surface area contributed by atoms with Crippen LogP contribution in [-0.4, -0.2) is 26.5 Å². The van der Waals surface area contributed by atoms with Crippen molar-refractivity contribution in [3.63, 3.8) is 0 Å². The number of para-hydroxylation sites is 2. The number of hydrazone groups is 2. The van der Waals surface area contributed by atoms with Gasteiger partial charge in [0.2, 0.25) is 11.8 Å². The molecule has 2 aromatic carbocycles. The summed E-state index contributed by atoms with van der Waals surface area (Å²) < 4.78 is 4.35. The van der Waals surface area contributed by atoms with Gasteiger partial charge < -0.3 is 0 Å². The normalized spacial score (nSPS) is 9.04. The first-order valence-electron chi connectivity index (χ1n) is 16.3. The van der Waals surface area contributed by atoms with Crippen molar-refractivity contribution in [2.24, 2.45) is 10.2 Å². The molecular weight excluding hydrogens is 605 g/mol. The molecule has 0 N–H and O–H groups in total. The van der Waals surface area contributed by atoms with Crippen LogP contribution in [0.25, 0.3) is 0 Å². The number of nitrogens with zero attached hydrogens (tertiary/aromatic N) is 6. The van der Waals surface area contributed by atoms with Crippen molar-refractivity contribution in [1.29, 1.82) is 0 Å². The maximum atomic E-state index is 4.10. The van der Waals surface area contributed by atoms with Crippen LogP contribution in [0.5, 0.6) is 0 Å². The van der Waals surface area contributed by atoms with Crippen molar-refractivity contribution >= 4 is 45.4 Å². The summed E-state index contributed by atoms with van der Waals surface area (Å²) in [5.41, 5.74) is 2.20. The van der Waals surface area contributed by atoms with E-state index < -0.39 is 0 Å². The second-order valence-corrected chi connectivity index (χ2v) is 10.1. The Morgan fingerprint density at radius 2 is 0.739 bits per heavy atom. The van der Waals surface area contributed by atoms with Crippen LogP contribution in [0.4, 0.5) is 11.4 Å². The molecule has 0 radical (unpaired) electrons. The van der Waals surface area contributed by atoms with Crippen molar-refractivity contribution in [2.45, 2.75) is 81.0 Å². The van der Waals surface area contributed by atoms with E-state index in [1.54, 1.807) is 12.4 Å². The molecule has 4 aromatic rings. The second kappa shape index (κ2) is 37.6. The molecule has 0 aliphatic heterocycles. The van der Waals surface area contributed by atoms with E-state index in [1.165, 1.54) is 0 Å². The Labute approximate surface area is 290 Å². The highest BCUT2D eigenvalue weighted by Crippen LogP contribution is 2.20. The first-order chi connectivity index (χ1) is 22.6. The number of anilines is 2. The zero-order chi connectivity index (χ0) is 35.3. The molecule has 2 heterocycles. The Bertz CT molecular complexity index is 1070. The van der Waals surface area contributed by atoms with Gasteiger partial charge in [-0.1, -0.05) is 104 Å². The maximum absolute atomic E-state index is 4.10. The Hall–Kier alpha value is -3.62. The largest absolute Gasteiger partial charge is 0.269 e. The van der Waals surface area contributed by atoms with Gasteiger partial charge in [-0.2, -0.15) is 19.3 Å². The molecule has 0 aliphatic rings. The van der Waals surface area contributed by atoms with Gasteiger partial charge in [0.1, 0.15) is 0 Å². The van der Waals surface area contributed by atoms with Gasteiger partial charge in [0, 0.05) is 50.8 Å². The van der Waals surface area contributed by atoms with Crippen molar-refractivity contribution in [3.05, 3.63) is 122 Å². The molecule has 0 amide bonds. The lowest BCUT2D eigenvalue weighted by Crippen LogP contribution is -2.31. The molecule has 46 heavy (non-hydrogen) atoms. The van der Waals surface area contributed by atoms with E-state index in [2.05, 4.69) is 68.4 Å². The summed E-state index contributed by atoms with van der Waals surface area (Å²) in [6.45, 7) is 19.8. The number of pyridine rings is 2. The summed E-state index contributed by atoms with van der Waals surface area (Å²) in [5, 5.41) is 11.9. The lowest BCUT2D eigenvalue weighted by atomic mass is 10.3. The highest BCUT2D eigenvalue weighted by molar-refractivity contribution is 8.75. The van der Waals surface area contributed by atoms with Gasteiger partial charge in [0.25, 0.3) is 0 Å². The number of benzene rings is 2. The minimum Gasteiger partial charge on any atom is -0.269 e. The zero-order valence-corrected chi connectivity index (χ0v) is 32.2. The minimum absolute atomic E-state index is 0.985. The summed E-state index contributed by atoms with van der Waals surface area (Å²) in [6, 6.07) is 32.3. The molecule has 0 bridgehead atoms. The van der Waals surface area contributed by atoms with E-state index >= 15 is 0 Å². The third-order valence-corrected chi connectivity index (χ3v) is 6.98. The van der Waals surface area contributed by atoms with Crippen LogP contribution >= 0.6 is 21.6 Å². The Kier molecular flexibility index (Phi) is 38.2. The zero-order valence-electron chi connectivity index (χ0n) is 30.6. The fraction of sp³-hybridized carbons (Fsp3) is 0.368. The molecule has 0 saturated heterocycles. The SMILES string of the molecule is C/C=N/N(C)c1ccccc1.C/C=N/N(C)c1ccccc1.CC.CC.CC.CC.c1cc[n+](CSSC[n+]2ccccc2)cc1. The quantitative estimate of drug-likeness (QED) is 0.0586. The third kappa shape index (κ3) is 25.7. The molecule has 0 unspecified atom stereocenters. The van der Waals surface area contributed by atoms with E-state index in [4.69, 9.17) is 0 Å². The number of hydrogen-bond donors (Lipinski definition) is 0. The molecule has 0 atom stereocenters. The third-order valence-electron chi connectivity index (χ3n) is 4.88. The second-order valence-electron chi connectivity index (χ2n) is 7.74. The van der Waals surface area contributed by atoms with Crippen molar-refractivity contribution < 1.29 is 9.13 Å². The van der Waals surface area contributed by atoms with E-state index in [0.717, 1.165) is 23.1 Å². The van der Waals surface area contributed by atoms with E-state index in [0.29, 0.717) is 0 Å². The highest BCUT2D eigenvalue weighted by Gasteiger charge is 2.02. The molecule has 4 rings (SSSR count). The van der Waals surface area contributed by atoms with Crippen LogP contribution < -0.4 is 19.2 Å². The summed E-state index contributed by atoms with van der Waals surface area (Å²) in [4.78, 5) is 0. The van der Waals surface area contributed by atoms with E-state index in [-0.39, 0.29) is 0 Å². The average molecular weight is 667 g/mol. The van der Waals surface area contributed by atoms with Gasteiger partial charge in [-0.15, -0.1) is 0 Å². The minimum atomic E-state index is 0.985. The Morgan fingerprint density at radius 3 is 1.00 bits per heavy atom. The molecule has 0 spiro atoms. The molecule has 2 aromatic heterocycles. The van der Waals surface area contributed by atoms with E-state index in [9.17, 15) is 0 Å². The fourth-order valence-electron chi connectivity index (χ4n) is 3.00. The molecule has 0 aliphatic carbocycles. The van der Waals surface area contributed by atoms with Crippen LogP contribution in [0.2, 0.25) is 0 Å². The van der Waals surface area contributed by atoms with Gasteiger partial charge in [-0.25, -0.2) is 0 Å². The first-order valence-corrected chi connectivity index (χ1v) is 18.8. The molecule has 8 heteroatoms. The number of rotatable bonds is 9. The van der Waals surface area contributed by atoms with Crippen LogP contribution in [0.1, 0.15) is 69.2 Å². The lowest BCUT2D eigenvalue weighted by Gasteiger charge is -2.11. The standard InChI is InChI=1S/C12H14N2S2.2C9H12N2.4C2H6/c1-3-7-13(8-4-1)11-15-16-12-14-9-5-2-6-10-14;2*1-3-10-11(2)9-7-5-4-6-8-9;4*1-2/h1-10H,11-12H2;2*3-8H,1-2H3;4*1-2H3/q+2;;;;;;/b;2*10-3+;;;;. The van der Waals surface area contributed by atoms with Gasteiger partial charge in [-0.05, 0) is 59.7 Å². The number of aromatic nitrogens is 2. The summed E-state index contributed by atoms with van der Waals surface area (Å²) in [7, 11) is 7.57. The van der Waals surface area contributed by atoms with Crippen LogP contribution in [-0.2, 0) is 11.8 Å². The smallest absolute Gasteiger partial charge is 0.204 e. The van der Waals surface area contributed by atoms with Crippen LogP contribution in [0, 0.1) is 0 Å². The topological polar surface area (TPSA) is 39.0 Å². The van der Waals surface area contributed by atoms with Crippen molar-refractivity contribution in [2.75, 3.05) is 24.1 Å². The fourth-order valence-corrected chi connectivity index (χ4v) is 4.92. The Morgan fingerprint density at radius 1 is 0.478 bits per heavy atom. The van der Waals surface area contributed by atoms with Gasteiger partial charge in [0.05, 0.1) is 11.4 Å². The van der Waals surface area contributed by atoms with Gasteiger partial charge in [0.15, 0.2) is 24.8 Å².